The first kappa shape index (κ1) is 33.0. The Morgan fingerprint density at radius 1 is 0.919 bits per heavy atom. The molecule has 1 fully saturated rings. The van der Waals surface area contributed by atoms with Gasteiger partial charge in [-0.2, -0.15) is 0 Å². The molecule has 37 heavy (non-hydrogen) atoms. The van der Waals surface area contributed by atoms with Gasteiger partial charge in [0, 0.05) is 6.42 Å². The highest BCUT2D eigenvalue weighted by molar-refractivity contribution is 6.26. The molecule has 6 nitrogen and oxygen atoms in total. The Balaban J connectivity index is 2.42. The lowest BCUT2D eigenvalue weighted by molar-refractivity contribution is -0.159. The summed E-state index contributed by atoms with van der Waals surface area (Å²) in [6.45, 7) is 9.61. The van der Waals surface area contributed by atoms with Crippen molar-refractivity contribution < 1.29 is 24.0 Å². The van der Waals surface area contributed by atoms with Crippen molar-refractivity contribution in [2.75, 3.05) is 13.7 Å². The zero-order chi connectivity index (χ0) is 27.5. The second kappa shape index (κ2) is 19.1. The van der Waals surface area contributed by atoms with Crippen LogP contribution >= 0.6 is 0 Å². The van der Waals surface area contributed by atoms with Crippen molar-refractivity contribution in [3.8, 4) is 0 Å². The summed E-state index contributed by atoms with van der Waals surface area (Å²) < 4.78 is 4.89. The van der Waals surface area contributed by atoms with Gasteiger partial charge >= 0.3 is 5.97 Å². The summed E-state index contributed by atoms with van der Waals surface area (Å²) in [7, 11) is 1.27. The first-order chi connectivity index (χ1) is 17.8. The molecule has 0 N–H and O–H groups in total. The van der Waals surface area contributed by atoms with Crippen LogP contribution in [0.1, 0.15) is 130 Å². The number of oxime groups is 1. The van der Waals surface area contributed by atoms with Gasteiger partial charge in [0.05, 0.1) is 12.8 Å². The number of rotatable bonds is 21. The normalized spacial score (nSPS) is 19.6. The van der Waals surface area contributed by atoms with E-state index in [9.17, 15) is 14.4 Å². The third-order valence-corrected chi connectivity index (χ3v) is 7.48. The second-order valence-electron chi connectivity index (χ2n) is 11.3. The van der Waals surface area contributed by atoms with Crippen molar-refractivity contribution in [1.29, 1.82) is 0 Å². The molecule has 1 aliphatic rings. The van der Waals surface area contributed by atoms with Crippen LogP contribution in [-0.2, 0) is 24.0 Å². The van der Waals surface area contributed by atoms with E-state index in [1.165, 1.54) is 84.2 Å². The van der Waals surface area contributed by atoms with Crippen molar-refractivity contribution in [1.82, 2.24) is 0 Å². The number of methoxy groups -OCH3 is 1. The molecule has 0 aromatic heterocycles. The molecule has 6 heteroatoms. The minimum atomic E-state index is -1.03. The first-order valence-corrected chi connectivity index (χ1v) is 14.7. The molecular weight excluding hydrogens is 466 g/mol. The van der Waals surface area contributed by atoms with Crippen LogP contribution < -0.4 is 0 Å². The fraction of sp³-hybridized carbons (Fsp3) is 0.806. The number of hydrogen-bond donors (Lipinski definition) is 0. The standard InChI is InChI=1S/C31H53NO5/c1-6-8-9-10-11-12-13-14-15-16-17-18-19-20-21-22-25(32-37-23-7-2)27-26(33)24-31(3,4)28(29(27)34)30(35)36-5/h7,27-28H,2,6,8-24H2,1,3-5H3/b32-25-/t27-,28+/m1/s1. The summed E-state index contributed by atoms with van der Waals surface area (Å²) in [6.07, 6.45) is 21.2. The molecule has 0 aromatic carbocycles. The fourth-order valence-corrected chi connectivity index (χ4v) is 5.36. The molecule has 0 aromatic rings. The molecule has 0 bridgehead atoms. The number of unbranched alkanes of at least 4 members (excludes halogenated alkanes) is 14. The molecule has 0 heterocycles. The molecule has 0 spiro atoms. The van der Waals surface area contributed by atoms with E-state index in [2.05, 4.69) is 18.7 Å². The highest BCUT2D eigenvalue weighted by atomic mass is 16.6. The van der Waals surface area contributed by atoms with E-state index in [-0.39, 0.29) is 18.8 Å². The molecule has 0 aliphatic heterocycles. The average molecular weight is 520 g/mol. The zero-order valence-corrected chi connectivity index (χ0v) is 24.2. The summed E-state index contributed by atoms with van der Waals surface area (Å²) in [5.74, 6) is -3.22. The SMILES string of the molecule is C=CCO/N=C(/CCCCCCCCCCCCCCCCC)[C@@H]1C(=O)CC(C)(C)[C@H](C(=O)OC)C1=O. The van der Waals surface area contributed by atoms with E-state index in [1.54, 1.807) is 19.9 Å². The summed E-state index contributed by atoms with van der Waals surface area (Å²) in [5, 5.41) is 4.16. The van der Waals surface area contributed by atoms with Crippen LogP contribution in [0, 0.1) is 17.3 Å². The van der Waals surface area contributed by atoms with Gasteiger partial charge in [-0.1, -0.05) is 128 Å². The first-order valence-electron chi connectivity index (χ1n) is 14.7. The molecule has 0 radical (unpaired) electrons. The van der Waals surface area contributed by atoms with E-state index >= 15 is 0 Å². The van der Waals surface area contributed by atoms with Crippen LogP contribution in [0.5, 0.6) is 0 Å². The third kappa shape index (κ3) is 12.4. The topological polar surface area (TPSA) is 82.0 Å². The van der Waals surface area contributed by atoms with Crippen LogP contribution in [-0.4, -0.2) is 37.0 Å². The number of nitrogens with zero attached hydrogens (tertiary/aromatic N) is 1. The number of hydrogen-bond acceptors (Lipinski definition) is 6. The van der Waals surface area contributed by atoms with E-state index in [0.717, 1.165) is 19.3 Å². The fourth-order valence-electron chi connectivity index (χ4n) is 5.36. The van der Waals surface area contributed by atoms with Gasteiger partial charge in [0.2, 0.25) is 0 Å². The Bertz CT molecular complexity index is 727. The average Bonchev–Trinajstić information content (AvgIpc) is 2.85. The van der Waals surface area contributed by atoms with Gasteiger partial charge < -0.3 is 9.57 Å². The zero-order valence-electron chi connectivity index (χ0n) is 24.2. The lowest BCUT2D eigenvalue weighted by Crippen LogP contribution is -2.52. The third-order valence-electron chi connectivity index (χ3n) is 7.48. The molecule has 1 saturated carbocycles. The minimum Gasteiger partial charge on any atom is -0.468 e. The van der Waals surface area contributed by atoms with Crippen molar-refractivity contribution in [3.63, 3.8) is 0 Å². The van der Waals surface area contributed by atoms with Crippen LogP contribution in [0.15, 0.2) is 17.8 Å². The lowest BCUT2D eigenvalue weighted by Gasteiger charge is -2.38. The molecule has 2 atom stereocenters. The number of Topliss-reactive ketones (excluding diaryl/α,β-unsaturated/α-hetero) is 2. The van der Waals surface area contributed by atoms with Crippen LogP contribution in [0.4, 0.5) is 0 Å². The summed E-state index contributed by atoms with van der Waals surface area (Å²) in [4.78, 5) is 44.0. The van der Waals surface area contributed by atoms with Gasteiger partial charge in [-0.05, 0) is 18.3 Å². The van der Waals surface area contributed by atoms with Gasteiger partial charge in [-0.25, -0.2) is 0 Å². The van der Waals surface area contributed by atoms with Gasteiger partial charge in [-0.15, -0.1) is 0 Å². The highest BCUT2D eigenvalue weighted by Gasteiger charge is 2.53. The molecule has 1 aliphatic carbocycles. The number of ether oxygens (including phenoxy) is 1. The Morgan fingerprint density at radius 2 is 1.41 bits per heavy atom. The molecule has 0 amide bonds. The highest BCUT2D eigenvalue weighted by Crippen LogP contribution is 2.40. The summed E-state index contributed by atoms with van der Waals surface area (Å²) in [5.41, 5.74) is -0.351. The van der Waals surface area contributed by atoms with Gasteiger partial charge in [0.25, 0.3) is 0 Å². The summed E-state index contributed by atoms with van der Waals surface area (Å²) in [6, 6.07) is 0. The molecule has 0 saturated heterocycles. The maximum atomic E-state index is 13.3. The largest absolute Gasteiger partial charge is 0.468 e. The van der Waals surface area contributed by atoms with Crippen molar-refractivity contribution in [3.05, 3.63) is 12.7 Å². The monoisotopic (exact) mass is 519 g/mol. The predicted octanol–water partition coefficient (Wildman–Crippen LogP) is 7.78. The van der Waals surface area contributed by atoms with E-state index in [1.807, 2.05) is 0 Å². The molecule has 1 rings (SSSR count). The van der Waals surface area contributed by atoms with Gasteiger partial charge in [0.1, 0.15) is 24.2 Å². The Kier molecular flexibility index (Phi) is 17.1. The number of ketones is 2. The quantitative estimate of drug-likeness (QED) is 0.0386. The smallest absolute Gasteiger partial charge is 0.316 e. The predicted molar refractivity (Wildman–Crippen MR) is 151 cm³/mol. The lowest BCUT2D eigenvalue weighted by atomic mass is 9.63. The van der Waals surface area contributed by atoms with Gasteiger partial charge in [-0.3, -0.25) is 14.4 Å². The maximum Gasteiger partial charge on any atom is 0.316 e. The molecule has 0 unspecified atom stereocenters. The number of carbonyl (C=O) groups is 3. The van der Waals surface area contributed by atoms with E-state index in [0.29, 0.717) is 12.1 Å². The summed E-state index contributed by atoms with van der Waals surface area (Å²) >= 11 is 0. The maximum absolute atomic E-state index is 13.3. The van der Waals surface area contributed by atoms with Crippen LogP contribution in [0.2, 0.25) is 0 Å². The number of esters is 1. The van der Waals surface area contributed by atoms with Gasteiger partial charge in [0.15, 0.2) is 5.78 Å². The second-order valence-corrected chi connectivity index (χ2v) is 11.3. The molecular formula is C31H53NO5. The van der Waals surface area contributed by atoms with Crippen LogP contribution in [0.3, 0.4) is 0 Å². The van der Waals surface area contributed by atoms with E-state index in [4.69, 9.17) is 9.57 Å². The Labute approximate surface area is 226 Å². The van der Waals surface area contributed by atoms with E-state index < -0.39 is 29.0 Å². The minimum absolute atomic E-state index is 0.127. The van der Waals surface area contributed by atoms with Crippen LogP contribution in [0.25, 0.3) is 0 Å². The van der Waals surface area contributed by atoms with Crippen molar-refractivity contribution >= 4 is 23.2 Å². The van der Waals surface area contributed by atoms with Crippen molar-refractivity contribution in [2.24, 2.45) is 22.4 Å². The van der Waals surface area contributed by atoms with Crippen molar-refractivity contribution in [2.45, 2.75) is 130 Å². The Morgan fingerprint density at radius 3 is 1.86 bits per heavy atom. The number of carbonyl (C=O) groups excluding carboxylic acids is 3. The Hall–Kier alpha value is -1.98. The molecule has 212 valence electrons.